The number of aromatic amines is 1. The number of carbonyl (C=O) groups excluding carboxylic acids is 1. The van der Waals surface area contributed by atoms with Crippen LogP contribution in [0, 0.1) is 21.4 Å². The minimum Gasteiger partial charge on any atom is -0.489 e. The van der Waals surface area contributed by atoms with Gasteiger partial charge in [-0.1, -0.05) is 38.1 Å². The molecule has 5 aromatic rings. The van der Waals surface area contributed by atoms with E-state index in [-0.39, 0.29) is 46.7 Å². The predicted octanol–water partition coefficient (Wildman–Crippen LogP) is 9.25. The molecule has 68 heavy (non-hydrogen) atoms. The van der Waals surface area contributed by atoms with Crippen molar-refractivity contribution >= 4 is 49.8 Å². The van der Waals surface area contributed by atoms with Crippen molar-refractivity contribution in [3.63, 3.8) is 0 Å². The minimum atomic E-state index is -4.68. The van der Waals surface area contributed by atoms with Crippen LogP contribution in [0.4, 0.5) is 22.9 Å². The van der Waals surface area contributed by atoms with E-state index in [0.717, 1.165) is 49.6 Å². The molecule has 3 aromatic carbocycles. The molecule has 5 N–H and O–H groups in total. The van der Waals surface area contributed by atoms with Crippen molar-refractivity contribution < 1.29 is 32.7 Å². The molecule has 2 saturated heterocycles. The molecule has 2 saturated carbocycles. The Morgan fingerprint density at radius 2 is 1.76 bits per heavy atom. The summed E-state index contributed by atoms with van der Waals surface area (Å²) in [7, 11) is -2.97. The number of piperidine rings is 1. The number of nitrogens with one attached hydrogen (secondary N) is 4. The number of benzene rings is 3. The lowest BCUT2D eigenvalue weighted by Crippen LogP contribution is -2.54. The van der Waals surface area contributed by atoms with Crippen LogP contribution in [0.15, 0.2) is 77.8 Å². The number of hydrogen-bond donors (Lipinski definition) is 5. The minimum absolute atomic E-state index is 0.0000788. The molecule has 5 heterocycles. The van der Waals surface area contributed by atoms with Crippen LogP contribution in [-0.2, 0) is 10.0 Å². The standard InChI is InChI=1S/C51H62N8O8S/c1-31(2)37-8-5-6-9-38(37)41-10-7-21-58(41)35-28-51(29-35)18-22-57(23-19-51)34-11-12-39(43(25-34)67-45-24-33-15-20-53-47(33)55-48(45)52-4)49(60)56-68(64,65)36-26-42(59(62)63)46-44(27-36)66-30-40(54-46)32-13-16-50(3,61)17-14-32/h5-6,8-9,11-12,15,20,24-27,31-32,35,40-41,54,61H,7,10,13-14,16-19,21-23,28-30H2,1-4H3,(H,56,60)(H2,52,53,55)/t32-,40-,41+,50-/m1/s1. The van der Waals surface area contributed by atoms with E-state index in [9.17, 15) is 28.4 Å². The van der Waals surface area contributed by atoms with Gasteiger partial charge in [0.05, 0.1) is 27.0 Å². The van der Waals surface area contributed by atoms with E-state index < -0.39 is 37.0 Å². The number of fused-ring (bicyclic) bond motifs is 2. The van der Waals surface area contributed by atoms with E-state index in [4.69, 9.17) is 9.47 Å². The summed E-state index contributed by atoms with van der Waals surface area (Å²) in [4.78, 5) is 38.4. The quantitative estimate of drug-likeness (QED) is 0.0585. The lowest BCUT2D eigenvalue weighted by molar-refractivity contribution is -0.384. The molecule has 2 aromatic heterocycles. The third-order valence-corrected chi connectivity index (χ3v) is 17.0. The Kier molecular flexibility index (Phi) is 12.1. The van der Waals surface area contributed by atoms with Crippen LogP contribution in [0.1, 0.15) is 118 Å². The molecule has 1 amide bonds. The van der Waals surface area contributed by atoms with Crippen molar-refractivity contribution in [2.45, 2.75) is 120 Å². The number of anilines is 3. The summed E-state index contributed by atoms with van der Waals surface area (Å²) in [5, 5.41) is 30.0. The van der Waals surface area contributed by atoms with Gasteiger partial charge >= 0.3 is 0 Å². The molecule has 0 unspecified atom stereocenters. The maximum absolute atomic E-state index is 14.2. The molecule has 2 atom stereocenters. The van der Waals surface area contributed by atoms with Crippen LogP contribution < -0.4 is 29.7 Å². The third kappa shape index (κ3) is 8.84. The largest absolute Gasteiger partial charge is 0.489 e. The second kappa shape index (κ2) is 17.9. The van der Waals surface area contributed by atoms with Crippen molar-refractivity contribution in [3.05, 3.63) is 99.7 Å². The zero-order valence-electron chi connectivity index (χ0n) is 39.2. The molecule has 10 rings (SSSR count). The maximum atomic E-state index is 14.2. The summed E-state index contributed by atoms with van der Waals surface area (Å²) in [6, 6.07) is 20.7. The van der Waals surface area contributed by atoms with Crippen LogP contribution in [-0.4, -0.2) is 90.2 Å². The number of H-pyrrole nitrogens is 1. The SMILES string of the molecule is CNc1nc2[nH]ccc2cc1Oc1cc(N2CCC3(CC2)CC(N2CCC[C@H]2c2ccccc2C(C)C)C3)ccc1C(=O)NS(=O)(=O)c1cc2c(c([N+](=O)[O-])c1)N[C@@H]([C@H]1CC[C@](C)(O)CC1)CO2. The Morgan fingerprint density at radius 3 is 2.50 bits per heavy atom. The highest BCUT2D eigenvalue weighted by Crippen LogP contribution is 2.54. The Balaban J connectivity index is 0.875. The zero-order valence-corrected chi connectivity index (χ0v) is 40.0. The average Bonchev–Trinajstić information content (AvgIpc) is 3.99. The topological polar surface area (TPSA) is 204 Å². The number of ether oxygens (including phenoxy) is 2. The van der Waals surface area contributed by atoms with Gasteiger partial charge in [0.15, 0.2) is 23.0 Å². The number of amides is 1. The second-order valence-electron chi connectivity index (χ2n) is 20.4. The number of nitrogens with zero attached hydrogens (tertiary/aromatic N) is 4. The Morgan fingerprint density at radius 1 is 1.00 bits per heavy atom. The average molecular weight is 947 g/mol. The smallest absolute Gasteiger partial charge is 0.297 e. The predicted molar refractivity (Wildman–Crippen MR) is 262 cm³/mol. The van der Waals surface area contributed by atoms with Gasteiger partial charge in [-0.3, -0.25) is 19.8 Å². The molecular weight excluding hydrogens is 885 g/mol. The van der Waals surface area contributed by atoms with Crippen molar-refractivity contribution in [2.75, 3.05) is 48.8 Å². The highest BCUT2D eigenvalue weighted by atomic mass is 32.2. The fraction of sp³-hybridized carbons (Fsp3) is 0.490. The molecule has 0 bridgehead atoms. The molecule has 3 aliphatic heterocycles. The second-order valence-corrected chi connectivity index (χ2v) is 22.1. The lowest BCUT2D eigenvalue weighted by Gasteiger charge is -2.56. The van der Waals surface area contributed by atoms with Gasteiger partial charge in [0.1, 0.15) is 18.0 Å². The Bertz CT molecular complexity index is 2840. The zero-order chi connectivity index (χ0) is 47.5. The summed E-state index contributed by atoms with van der Waals surface area (Å²) < 4.78 is 42.8. The van der Waals surface area contributed by atoms with Gasteiger partial charge in [-0.15, -0.1) is 0 Å². The lowest BCUT2D eigenvalue weighted by atomic mass is 9.59. The van der Waals surface area contributed by atoms with Crippen molar-refractivity contribution in [1.29, 1.82) is 0 Å². The van der Waals surface area contributed by atoms with Gasteiger partial charge in [-0.2, -0.15) is 0 Å². The molecule has 17 heteroatoms. The van der Waals surface area contributed by atoms with Crippen LogP contribution in [0.3, 0.4) is 0 Å². The van der Waals surface area contributed by atoms with Gasteiger partial charge in [-0.25, -0.2) is 18.1 Å². The number of rotatable bonds is 12. The van der Waals surface area contributed by atoms with Crippen LogP contribution in [0.2, 0.25) is 0 Å². The van der Waals surface area contributed by atoms with Gasteiger partial charge < -0.3 is 35.1 Å². The number of aromatic nitrogens is 2. The number of aliphatic hydroxyl groups is 1. The Hall–Kier alpha value is -5.91. The first-order chi connectivity index (χ1) is 32.6. The first-order valence-corrected chi connectivity index (χ1v) is 25.7. The van der Waals surface area contributed by atoms with Crippen molar-refractivity contribution in [3.8, 4) is 17.2 Å². The third-order valence-electron chi connectivity index (χ3n) is 15.6. The van der Waals surface area contributed by atoms with Crippen LogP contribution >= 0.6 is 0 Å². The van der Waals surface area contributed by atoms with Crippen molar-refractivity contribution in [2.24, 2.45) is 11.3 Å². The highest BCUT2D eigenvalue weighted by Gasteiger charge is 2.50. The molecule has 4 fully saturated rings. The van der Waals surface area contributed by atoms with E-state index in [1.54, 1.807) is 31.4 Å². The van der Waals surface area contributed by atoms with E-state index in [1.807, 2.05) is 19.1 Å². The first-order valence-electron chi connectivity index (χ1n) is 24.2. The van der Waals surface area contributed by atoms with Crippen molar-refractivity contribution in [1.82, 2.24) is 19.6 Å². The molecule has 360 valence electrons. The molecular formula is C51H62N8O8S. The van der Waals surface area contributed by atoms with Gasteiger partial charge in [0.25, 0.3) is 21.6 Å². The normalized spacial score (nSPS) is 24.0. The van der Waals surface area contributed by atoms with Crippen LogP contribution in [0.5, 0.6) is 17.2 Å². The van der Waals surface area contributed by atoms with Gasteiger partial charge in [-0.05, 0) is 130 Å². The number of sulfonamides is 1. The molecule has 1 spiro atoms. The Labute approximate surface area is 397 Å². The molecule has 0 radical (unpaired) electrons. The highest BCUT2D eigenvalue weighted by molar-refractivity contribution is 7.90. The number of nitro benzene ring substituents is 1. The number of nitro groups is 1. The molecule has 2 aliphatic carbocycles. The summed E-state index contributed by atoms with van der Waals surface area (Å²) in [5.41, 5.74) is 3.49. The fourth-order valence-electron chi connectivity index (χ4n) is 11.7. The van der Waals surface area contributed by atoms with Crippen LogP contribution in [0.25, 0.3) is 11.0 Å². The van der Waals surface area contributed by atoms with E-state index in [1.165, 1.54) is 42.9 Å². The summed E-state index contributed by atoms with van der Waals surface area (Å²) in [6.45, 7) is 9.32. The number of hydrogen-bond acceptors (Lipinski definition) is 13. The van der Waals surface area contributed by atoms with E-state index >= 15 is 0 Å². The first kappa shape index (κ1) is 45.9. The molecule has 5 aliphatic rings. The van der Waals surface area contributed by atoms with Gasteiger partial charge in [0.2, 0.25) is 0 Å². The summed E-state index contributed by atoms with van der Waals surface area (Å²) in [5.74, 6) is 0.468. The number of likely N-dealkylation sites (tertiary alicyclic amines) is 1. The molecule has 16 nitrogen and oxygen atoms in total. The number of pyridine rings is 1. The maximum Gasteiger partial charge on any atom is 0.297 e. The number of carbonyl (C=O) groups is 1. The fourth-order valence-corrected chi connectivity index (χ4v) is 12.7. The monoisotopic (exact) mass is 946 g/mol. The van der Waals surface area contributed by atoms with Gasteiger partial charge in [0, 0.05) is 67.7 Å². The van der Waals surface area contributed by atoms with E-state index in [0.29, 0.717) is 60.9 Å². The van der Waals surface area contributed by atoms with E-state index in [2.05, 4.69) is 73.2 Å². The summed E-state index contributed by atoms with van der Waals surface area (Å²) >= 11 is 0. The summed E-state index contributed by atoms with van der Waals surface area (Å²) in [6.07, 6.45) is 11.3.